The molecule has 36 heavy (non-hydrogen) atoms. The summed E-state index contributed by atoms with van der Waals surface area (Å²) < 4.78 is 72.5. The lowest BCUT2D eigenvalue weighted by atomic mass is 9.40. The normalized spacial score (nSPS) is 23.4. The molecule has 4 aromatic rings. The Kier molecular flexibility index (Phi) is 4.65. The van der Waals surface area contributed by atoms with E-state index in [2.05, 4.69) is 19.8 Å². The van der Waals surface area contributed by atoms with Crippen molar-refractivity contribution < 1.29 is 21.6 Å². The van der Waals surface area contributed by atoms with Crippen molar-refractivity contribution in [2.24, 2.45) is 5.41 Å². The van der Waals surface area contributed by atoms with Crippen LogP contribution >= 0.6 is 0 Å². The number of aryl methyl sites for hydroxylation is 1. The number of nitrogens with zero attached hydrogens (tertiary/aromatic N) is 5. The van der Waals surface area contributed by atoms with E-state index in [1.165, 1.54) is 22.7 Å². The number of halogens is 3. The summed E-state index contributed by atoms with van der Waals surface area (Å²) in [5, 5.41) is 4.24. The van der Waals surface area contributed by atoms with Gasteiger partial charge < -0.3 is 5.73 Å². The Balaban J connectivity index is 1.29. The molecule has 3 fully saturated rings. The third-order valence-electron chi connectivity index (χ3n) is 7.15. The van der Waals surface area contributed by atoms with Crippen LogP contribution in [-0.4, -0.2) is 38.1 Å². The lowest BCUT2D eigenvalue weighted by Crippen LogP contribution is -2.75. The average molecular weight is 518 g/mol. The van der Waals surface area contributed by atoms with E-state index in [4.69, 9.17) is 5.73 Å². The third-order valence-corrected chi connectivity index (χ3v) is 8.73. The van der Waals surface area contributed by atoms with Crippen molar-refractivity contribution >= 4 is 21.5 Å². The summed E-state index contributed by atoms with van der Waals surface area (Å²) in [5.41, 5.74) is 5.59. The van der Waals surface area contributed by atoms with Crippen molar-refractivity contribution in [3.05, 3.63) is 60.3 Å². The van der Waals surface area contributed by atoms with Crippen LogP contribution < -0.4 is 10.5 Å². The molecule has 3 aliphatic rings. The number of sulfonamides is 1. The molecule has 0 amide bonds. The Bertz CT molecular complexity index is 1590. The Labute approximate surface area is 204 Å². The fraction of sp³-hybridized carbons (Fsp3) is 0.348. The third kappa shape index (κ3) is 3.56. The van der Waals surface area contributed by atoms with Crippen LogP contribution in [-0.2, 0) is 22.7 Å². The van der Waals surface area contributed by atoms with Gasteiger partial charge in [0.2, 0.25) is 10.0 Å². The fourth-order valence-electron chi connectivity index (χ4n) is 5.75. The van der Waals surface area contributed by atoms with Crippen molar-refractivity contribution in [3.63, 3.8) is 0 Å². The van der Waals surface area contributed by atoms with E-state index in [1.807, 2.05) is 16.9 Å². The standard InChI is InChI=1S/C23H22F3N7O2S/c1-14-3-4-15(36(34,35)31-22-10-21(11-22,12-22)13-32-6-2-5-29-32)7-16(14)17-8-28-20-19(27)30-18(9-33(17)20)23(24,25)26/h2-9,31H,10-13H2,1H3,(H2,27,30). The SMILES string of the molecule is Cc1ccc(S(=O)(=O)NC23CC(Cn4cccn4)(C2)C3)cc1-c1cnc2c(N)nc(C(F)(F)F)cn12. The number of nitrogens with two attached hydrogens (primary N) is 1. The highest BCUT2D eigenvalue weighted by Crippen LogP contribution is 2.68. The van der Waals surface area contributed by atoms with E-state index in [9.17, 15) is 21.6 Å². The maximum atomic E-state index is 13.3. The summed E-state index contributed by atoms with van der Waals surface area (Å²) in [6.45, 7) is 2.50. The topological polar surface area (TPSA) is 120 Å². The Morgan fingerprint density at radius 1 is 1.22 bits per heavy atom. The molecule has 3 aliphatic carbocycles. The second-order valence-corrected chi connectivity index (χ2v) is 11.6. The molecule has 0 aliphatic heterocycles. The highest BCUT2D eigenvalue weighted by Gasteiger charge is 2.69. The zero-order chi connectivity index (χ0) is 25.5. The molecule has 0 saturated heterocycles. The van der Waals surface area contributed by atoms with Crippen molar-refractivity contribution in [1.82, 2.24) is 28.9 Å². The summed E-state index contributed by atoms with van der Waals surface area (Å²) >= 11 is 0. The van der Waals surface area contributed by atoms with E-state index in [0.717, 1.165) is 32.0 Å². The smallest absolute Gasteiger partial charge is 0.381 e. The second-order valence-electron chi connectivity index (χ2n) is 9.94. The van der Waals surface area contributed by atoms with Crippen molar-refractivity contribution in [1.29, 1.82) is 0 Å². The van der Waals surface area contributed by atoms with Crippen LogP contribution in [0.2, 0.25) is 0 Å². The van der Waals surface area contributed by atoms with Gasteiger partial charge in [-0.25, -0.2) is 23.1 Å². The summed E-state index contributed by atoms with van der Waals surface area (Å²) in [6.07, 6.45) is 3.29. The molecule has 1 aromatic carbocycles. The average Bonchev–Trinajstić information content (AvgIpc) is 3.41. The molecule has 0 spiro atoms. The van der Waals surface area contributed by atoms with Crippen molar-refractivity contribution in [3.8, 4) is 11.3 Å². The maximum absolute atomic E-state index is 13.3. The molecule has 188 valence electrons. The maximum Gasteiger partial charge on any atom is 0.434 e. The molecule has 0 atom stereocenters. The second kappa shape index (κ2) is 7.29. The van der Waals surface area contributed by atoms with Gasteiger partial charge in [-0.1, -0.05) is 6.07 Å². The Morgan fingerprint density at radius 3 is 2.64 bits per heavy atom. The summed E-state index contributed by atoms with van der Waals surface area (Å²) in [6, 6.07) is 6.43. The molecule has 7 rings (SSSR count). The number of fused-ring (bicyclic) bond motifs is 1. The van der Waals surface area contributed by atoms with E-state index >= 15 is 0 Å². The van der Waals surface area contributed by atoms with Gasteiger partial charge in [-0.05, 0) is 55.4 Å². The van der Waals surface area contributed by atoms with Crippen LogP contribution in [0.1, 0.15) is 30.5 Å². The molecule has 9 nitrogen and oxygen atoms in total. The minimum absolute atomic E-state index is 0.0296. The summed E-state index contributed by atoms with van der Waals surface area (Å²) in [4.78, 5) is 7.55. The van der Waals surface area contributed by atoms with Gasteiger partial charge in [0.25, 0.3) is 0 Å². The number of benzene rings is 1. The molecule has 3 heterocycles. The first kappa shape index (κ1) is 23.0. The number of aromatic nitrogens is 5. The van der Waals surface area contributed by atoms with Crippen LogP contribution in [0.5, 0.6) is 0 Å². The van der Waals surface area contributed by atoms with E-state index in [-0.39, 0.29) is 27.5 Å². The van der Waals surface area contributed by atoms with E-state index in [0.29, 0.717) is 11.1 Å². The molecule has 0 radical (unpaired) electrons. The van der Waals surface area contributed by atoms with E-state index in [1.54, 1.807) is 19.2 Å². The van der Waals surface area contributed by atoms with Gasteiger partial charge in [-0.15, -0.1) is 0 Å². The number of hydrogen-bond acceptors (Lipinski definition) is 6. The monoisotopic (exact) mass is 517 g/mol. The number of nitrogen functional groups attached to an aromatic ring is 1. The van der Waals surface area contributed by atoms with Crippen molar-refractivity contribution in [2.75, 3.05) is 5.73 Å². The van der Waals surface area contributed by atoms with Crippen LogP contribution in [0.15, 0.2) is 53.9 Å². The van der Waals surface area contributed by atoms with Crippen LogP contribution in [0.4, 0.5) is 19.0 Å². The molecular weight excluding hydrogens is 495 g/mol. The largest absolute Gasteiger partial charge is 0.434 e. The van der Waals surface area contributed by atoms with E-state index < -0.39 is 27.4 Å². The number of alkyl halides is 3. The zero-order valence-electron chi connectivity index (χ0n) is 19.1. The highest BCUT2D eigenvalue weighted by molar-refractivity contribution is 7.89. The molecule has 13 heteroatoms. The van der Waals surface area contributed by atoms with Gasteiger partial charge in [0.15, 0.2) is 17.2 Å². The molecule has 3 saturated carbocycles. The Morgan fingerprint density at radius 2 is 1.97 bits per heavy atom. The quantitative estimate of drug-likeness (QED) is 0.405. The number of rotatable bonds is 6. The van der Waals surface area contributed by atoms with Gasteiger partial charge in [0, 0.05) is 36.2 Å². The van der Waals surface area contributed by atoms with Crippen LogP contribution in [0.3, 0.4) is 0 Å². The van der Waals surface area contributed by atoms with Gasteiger partial charge in [0.05, 0.1) is 16.8 Å². The predicted molar refractivity (Wildman–Crippen MR) is 124 cm³/mol. The predicted octanol–water partition coefficient (Wildman–Crippen LogP) is 3.40. The van der Waals surface area contributed by atoms with Crippen molar-refractivity contribution in [2.45, 2.75) is 49.3 Å². The molecule has 2 bridgehead atoms. The zero-order valence-corrected chi connectivity index (χ0v) is 19.9. The number of anilines is 1. The minimum atomic E-state index is -4.70. The Hall–Kier alpha value is -3.45. The lowest BCUT2D eigenvalue weighted by Gasteiger charge is -2.70. The summed E-state index contributed by atoms with van der Waals surface area (Å²) in [7, 11) is -3.87. The number of nitrogens with one attached hydrogen (secondary N) is 1. The van der Waals surface area contributed by atoms with Gasteiger partial charge in [-0.2, -0.15) is 18.3 Å². The van der Waals surface area contributed by atoms with Gasteiger partial charge in [-0.3, -0.25) is 9.08 Å². The first-order chi connectivity index (χ1) is 16.9. The van der Waals surface area contributed by atoms with Crippen LogP contribution in [0, 0.1) is 12.3 Å². The highest BCUT2D eigenvalue weighted by atomic mass is 32.2. The van der Waals surface area contributed by atoms with Gasteiger partial charge in [0.1, 0.15) is 0 Å². The lowest BCUT2D eigenvalue weighted by molar-refractivity contribution is -0.153. The number of imidazole rings is 1. The van der Waals surface area contributed by atoms with Crippen LogP contribution in [0.25, 0.3) is 16.9 Å². The molecule has 0 unspecified atom stereocenters. The fourth-order valence-corrected chi connectivity index (χ4v) is 7.17. The summed E-state index contributed by atoms with van der Waals surface area (Å²) in [5.74, 6) is -0.369. The molecular formula is C23H22F3N7O2S. The first-order valence-corrected chi connectivity index (χ1v) is 12.7. The number of hydrogen-bond donors (Lipinski definition) is 2. The molecule has 3 N–H and O–H groups in total. The molecule has 3 aromatic heterocycles. The minimum Gasteiger partial charge on any atom is -0.381 e. The first-order valence-electron chi connectivity index (χ1n) is 11.2. The van der Waals surface area contributed by atoms with Gasteiger partial charge >= 0.3 is 6.18 Å².